The van der Waals surface area contributed by atoms with Crippen molar-refractivity contribution in [1.82, 2.24) is 9.80 Å². The normalized spacial score (nSPS) is 23.5. The van der Waals surface area contributed by atoms with E-state index in [-0.39, 0.29) is 43.1 Å². The predicted molar refractivity (Wildman–Crippen MR) is 173 cm³/mol. The average molecular weight is 619 g/mol. The zero-order chi connectivity index (χ0) is 31.6. The predicted octanol–water partition coefficient (Wildman–Crippen LogP) is 5.77. The van der Waals surface area contributed by atoms with Crippen LogP contribution in [0.1, 0.15) is 62.3 Å². The van der Waals surface area contributed by atoms with Gasteiger partial charge in [0.2, 0.25) is 0 Å². The van der Waals surface area contributed by atoms with Gasteiger partial charge in [0.25, 0.3) is 11.8 Å². The molecule has 0 aromatic heterocycles. The molecule has 4 aromatic carbocycles. The number of carbonyl (C=O) groups is 2. The molecule has 236 valence electrons. The van der Waals surface area contributed by atoms with E-state index in [4.69, 9.17) is 14.2 Å². The van der Waals surface area contributed by atoms with Crippen LogP contribution in [0.25, 0.3) is 11.1 Å². The second-order valence-corrected chi connectivity index (χ2v) is 12.3. The smallest absolute Gasteiger partial charge is 0.261 e. The molecule has 4 atom stereocenters. The number of carbonyl (C=O) groups excluding carboxylic acids is 2. The fraction of sp³-hybridized carbons (Fsp3) is 0.316. The van der Waals surface area contributed by atoms with Crippen LogP contribution >= 0.6 is 0 Å². The average Bonchev–Trinajstić information content (AvgIpc) is 3.34. The monoisotopic (exact) mass is 618 g/mol. The zero-order valence-electron chi connectivity index (χ0n) is 25.9. The summed E-state index contributed by atoms with van der Waals surface area (Å²) in [4.78, 5) is 29.5. The van der Waals surface area contributed by atoms with Gasteiger partial charge in [0.1, 0.15) is 0 Å². The van der Waals surface area contributed by atoms with E-state index in [1.54, 1.807) is 24.3 Å². The van der Waals surface area contributed by atoms with Crippen molar-refractivity contribution in [2.24, 2.45) is 5.92 Å². The van der Waals surface area contributed by atoms with Crippen molar-refractivity contribution in [3.05, 3.63) is 130 Å². The maximum atomic E-state index is 12.9. The summed E-state index contributed by atoms with van der Waals surface area (Å²) >= 11 is 0. The molecule has 3 aliphatic heterocycles. The van der Waals surface area contributed by atoms with Gasteiger partial charge in [-0.05, 0) is 46.0 Å². The minimum atomic E-state index is -0.543. The molecule has 2 fully saturated rings. The Kier molecular flexibility index (Phi) is 8.80. The molecule has 3 heterocycles. The quantitative estimate of drug-likeness (QED) is 0.251. The van der Waals surface area contributed by atoms with E-state index < -0.39 is 6.29 Å². The highest BCUT2D eigenvalue weighted by atomic mass is 16.7. The van der Waals surface area contributed by atoms with Crippen molar-refractivity contribution >= 4 is 11.8 Å². The maximum Gasteiger partial charge on any atom is 0.261 e. The van der Waals surface area contributed by atoms with Gasteiger partial charge in [0.05, 0.1) is 49.7 Å². The van der Waals surface area contributed by atoms with Crippen LogP contribution in [-0.2, 0) is 27.4 Å². The van der Waals surface area contributed by atoms with Crippen LogP contribution in [0.2, 0.25) is 0 Å². The van der Waals surface area contributed by atoms with Gasteiger partial charge in [-0.3, -0.25) is 19.4 Å². The highest BCUT2D eigenvalue weighted by Gasteiger charge is 2.39. The molecule has 2 saturated heterocycles. The number of imide groups is 1. The topological polar surface area (TPSA) is 88.5 Å². The molecule has 8 nitrogen and oxygen atoms in total. The van der Waals surface area contributed by atoms with Crippen molar-refractivity contribution in [2.45, 2.75) is 38.6 Å². The molecule has 8 heteroatoms. The molecule has 0 bridgehead atoms. The van der Waals surface area contributed by atoms with Crippen molar-refractivity contribution in [3.63, 3.8) is 0 Å². The Morgan fingerprint density at radius 2 is 1.41 bits per heavy atom. The largest absolute Gasteiger partial charge is 0.392 e. The summed E-state index contributed by atoms with van der Waals surface area (Å²) in [7, 11) is 0. The molecular formula is C38H38N2O6. The maximum absolute atomic E-state index is 12.9. The Morgan fingerprint density at radius 1 is 0.739 bits per heavy atom. The third-order valence-corrected chi connectivity index (χ3v) is 9.33. The number of aliphatic hydroxyl groups is 1. The van der Waals surface area contributed by atoms with Gasteiger partial charge in [-0.1, -0.05) is 85.8 Å². The summed E-state index contributed by atoms with van der Waals surface area (Å²) in [5, 5.41) is 9.55. The summed E-state index contributed by atoms with van der Waals surface area (Å²) in [6.07, 6.45) is -0.757. The number of aliphatic hydroxyl groups excluding tert-OH is 1. The zero-order valence-corrected chi connectivity index (χ0v) is 25.9. The number of benzene rings is 4. The summed E-state index contributed by atoms with van der Waals surface area (Å²) in [5.41, 5.74) is 6.66. The Bertz CT molecular complexity index is 1660. The Hall–Kier alpha value is -4.18. The number of hydrogen-bond donors (Lipinski definition) is 1. The van der Waals surface area contributed by atoms with Crippen LogP contribution in [0.15, 0.2) is 97.1 Å². The van der Waals surface area contributed by atoms with E-state index in [2.05, 4.69) is 24.0 Å². The minimum Gasteiger partial charge on any atom is -0.392 e. The van der Waals surface area contributed by atoms with Gasteiger partial charge in [-0.2, -0.15) is 0 Å². The van der Waals surface area contributed by atoms with Crippen LogP contribution in [-0.4, -0.2) is 65.7 Å². The number of rotatable bonds is 8. The molecule has 0 spiro atoms. The molecule has 2 amide bonds. The van der Waals surface area contributed by atoms with Crippen LogP contribution in [0.5, 0.6) is 0 Å². The molecule has 3 aliphatic rings. The summed E-state index contributed by atoms with van der Waals surface area (Å²) < 4.78 is 18.9. The SMILES string of the molecule is C[C@@H]1[C@H](CN2CCOCC2)O[C@H](c2ccc(-c3cccc(CN4C(=O)c5ccccc5C4=O)c3)cc2)O[C@@H]1c1ccc(CO)cc1. The first kappa shape index (κ1) is 30.5. The number of ether oxygens (including phenoxy) is 3. The molecule has 0 aliphatic carbocycles. The fourth-order valence-electron chi connectivity index (χ4n) is 6.61. The highest BCUT2D eigenvalue weighted by molar-refractivity contribution is 6.21. The summed E-state index contributed by atoms with van der Waals surface area (Å²) in [6, 6.07) is 31.1. The first-order valence-electron chi connectivity index (χ1n) is 15.9. The summed E-state index contributed by atoms with van der Waals surface area (Å²) in [6.45, 7) is 6.43. The van der Waals surface area contributed by atoms with Crippen LogP contribution < -0.4 is 0 Å². The van der Waals surface area contributed by atoms with Crippen molar-refractivity contribution in [2.75, 3.05) is 32.8 Å². The van der Waals surface area contributed by atoms with Crippen LogP contribution in [0.4, 0.5) is 0 Å². The van der Waals surface area contributed by atoms with E-state index in [0.29, 0.717) is 11.1 Å². The lowest BCUT2D eigenvalue weighted by molar-refractivity contribution is -0.277. The van der Waals surface area contributed by atoms with E-state index in [1.165, 1.54) is 4.90 Å². The highest BCUT2D eigenvalue weighted by Crippen LogP contribution is 2.42. The molecular weight excluding hydrogens is 580 g/mol. The number of hydrogen-bond acceptors (Lipinski definition) is 7. The molecule has 0 unspecified atom stereocenters. The lowest BCUT2D eigenvalue weighted by Gasteiger charge is -2.43. The first-order valence-corrected chi connectivity index (χ1v) is 15.9. The van der Waals surface area contributed by atoms with Crippen LogP contribution in [0, 0.1) is 5.92 Å². The van der Waals surface area contributed by atoms with E-state index in [0.717, 1.165) is 66.2 Å². The molecule has 4 aromatic rings. The number of fused-ring (bicyclic) bond motifs is 1. The Morgan fingerprint density at radius 3 is 2.09 bits per heavy atom. The van der Waals surface area contributed by atoms with E-state index >= 15 is 0 Å². The van der Waals surface area contributed by atoms with E-state index in [1.807, 2.05) is 60.7 Å². The van der Waals surface area contributed by atoms with E-state index in [9.17, 15) is 14.7 Å². The fourth-order valence-corrected chi connectivity index (χ4v) is 6.61. The van der Waals surface area contributed by atoms with Gasteiger partial charge in [0.15, 0.2) is 6.29 Å². The van der Waals surface area contributed by atoms with Gasteiger partial charge >= 0.3 is 0 Å². The minimum absolute atomic E-state index is 0.00474. The Labute approximate surface area is 269 Å². The lowest BCUT2D eigenvalue weighted by atomic mass is 9.90. The molecule has 46 heavy (non-hydrogen) atoms. The molecule has 0 saturated carbocycles. The summed E-state index contributed by atoms with van der Waals surface area (Å²) in [5.74, 6) is -0.401. The number of amides is 2. The third kappa shape index (κ3) is 6.15. The van der Waals surface area contributed by atoms with Crippen molar-refractivity contribution in [3.8, 4) is 11.1 Å². The third-order valence-electron chi connectivity index (χ3n) is 9.33. The van der Waals surface area contributed by atoms with Crippen molar-refractivity contribution < 1.29 is 28.9 Å². The van der Waals surface area contributed by atoms with Crippen molar-refractivity contribution in [1.29, 1.82) is 0 Å². The lowest BCUT2D eigenvalue weighted by Crippen LogP contribution is -2.47. The molecule has 0 radical (unpaired) electrons. The Balaban J connectivity index is 1.10. The second kappa shape index (κ2) is 13.3. The number of morpholine rings is 1. The van der Waals surface area contributed by atoms with Gasteiger partial charge in [0, 0.05) is 31.1 Å². The van der Waals surface area contributed by atoms with Gasteiger partial charge < -0.3 is 19.3 Å². The molecule has 1 N–H and O–H groups in total. The standard InChI is InChI=1S/C38H38N2O6/c1-25-34(23-39-17-19-44-20-18-39)45-38(46-35(25)29-11-9-26(24-41)10-12-29)30-15-13-28(14-16-30)31-6-4-5-27(21-31)22-40-36(42)32-7-2-3-8-33(32)37(40)43/h2-16,21,25,34-35,38,41H,17-20,22-24H2,1H3/t25-,34+,35+,38+/m1/s1. The van der Waals surface area contributed by atoms with Crippen LogP contribution in [0.3, 0.4) is 0 Å². The van der Waals surface area contributed by atoms with Gasteiger partial charge in [-0.15, -0.1) is 0 Å². The van der Waals surface area contributed by atoms with Gasteiger partial charge in [-0.25, -0.2) is 0 Å². The number of nitrogens with zero attached hydrogens (tertiary/aromatic N) is 2. The first-order chi connectivity index (χ1) is 22.5. The second-order valence-electron chi connectivity index (χ2n) is 12.3. The molecule has 7 rings (SSSR count).